The molecule has 0 aromatic heterocycles. The molecular weight excluding hydrogens is 352 g/mol. The number of rotatable bonds is 4. The van der Waals surface area contributed by atoms with Crippen molar-refractivity contribution in [3.05, 3.63) is 34.3 Å². The molecule has 1 unspecified atom stereocenters. The van der Waals surface area contributed by atoms with E-state index < -0.39 is 0 Å². The Labute approximate surface area is 142 Å². The lowest BCUT2D eigenvalue weighted by atomic mass is 9.95. The molecule has 1 fully saturated rings. The lowest BCUT2D eigenvalue weighted by Crippen LogP contribution is -2.39. The van der Waals surface area contributed by atoms with Gasteiger partial charge in [0.25, 0.3) is 0 Å². The van der Waals surface area contributed by atoms with Crippen LogP contribution in [-0.2, 0) is 11.2 Å². The summed E-state index contributed by atoms with van der Waals surface area (Å²) in [5.74, 6) is 0.415. The van der Waals surface area contributed by atoms with Crippen molar-refractivity contribution in [2.24, 2.45) is 5.92 Å². The second-order valence-corrected chi connectivity index (χ2v) is 6.28. The third kappa shape index (κ3) is 5.61. The van der Waals surface area contributed by atoms with Gasteiger partial charge >= 0.3 is 0 Å². The predicted molar refractivity (Wildman–Crippen MR) is 92.9 cm³/mol. The quantitative estimate of drug-likeness (QED) is 0.876. The minimum absolute atomic E-state index is 0. The number of benzene rings is 1. The number of carbonyl (C=O) groups is 1. The summed E-state index contributed by atoms with van der Waals surface area (Å²) in [5.41, 5.74) is 1.23. The van der Waals surface area contributed by atoms with Crippen LogP contribution in [0.25, 0.3) is 0 Å². The van der Waals surface area contributed by atoms with E-state index in [0.29, 0.717) is 5.91 Å². The Hall–Kier alpha value is -0.580. The zero-order chi connectivity index (χ0) is 14.4. The van der Waals surface area contributed by atoms with Crippen molar-refractivity contribution in [2.75, 3.05) is 26.2 Å². The third-order valence-corrected chi connectivity index (χ3v) is 4.36. The zero-order valence-corrected chi connectivity index (χ0v) is 14.9. The van der Waals surface area contributed by atoms with Gasteiger partial charge in [0, 0.05) is 30.0 Å². The second-order valence-electron chi connectivity index (χ2n) is 5.37. The van der Waals surface area contributed by atoms with E-state index in [9.17, 15) is 4.79 Å². The molecule has 21 heavy (non-hydrogen) atoms. The highest BCUT2D eigenvalue weighted by molar-refractivity contribution is 9.10. The summed E-state index contributed by atoms with van der Waals surface area (Å²) in [5, 5.41) is 3.35. The molecule has 1 aromatic carbocycles. The first kappa shape index (κ1) is 18.5. The molecule has 1 aliphatic rings. The van der Waals surface area contributed by atoms with Crippen LogP contribution in [0.1, 0.15) is 25.3 Å². The van der Waals surface area contributed by atoms with Gasteiger partial charge in [0.1, 0.15) is 0 Å². The van der Waals surface area contributed by atoms with Crippen LogP contribution in [0.5, 0.6) is 0 Å². The molecule has 3 nitrogen and oxygen atoms in total. The Balaban J connectivity index is 0.00000220. The average Bonchev–Trinajstić information content (AvgIpc) is 2.73. The fourth-order valence-corrected chi connectivity index (χ4v) is 3.13. The van der Waals surface area contributed by atoms with E-state index in [0.717, 1.165) is 49.9 Å². The van der Waals surface area contributed by atoms with Gasteiger partial charge in [0.15, 0.2) is 0 Å². The summed E-state index contributed by atoms with van der Waals surface area (Å²) in [6.45, 7) is 5.77. The summed E-state index contributed by atoms with van der Waals surface area (Å²) in [6.07, 6.45) is 2.78. The van der Waals surface area contributed by atoms with Gasteiger partial charge in [-0.15, -0.1) is 12.4 Å². The summed E-state index contributed by atoms with van der Waals surface area (Å²) < 4.78 is 1.08. The molecule has 1 saturated heterocycles. The highest BCUT2D eigenvalue weighted by atomic mass is 79.9. The molecule has 1 heterocycles. The number of carbonyl (C=O) groups excluding carboxylic acids is 1. The minimum Gasteiger partial charge on any atom is -0.341 e. The van der Waals surface area contributed by atoms with E-state index in [1.54, 1.807) is 0 Å². The van der Waals surface area contributed by atoms with Gasteiger partial charge in [-0.2, -0.15) is 0 Å². The molecule has 0 radical (unpaired) electrons. The first-order chi connectivity index (χ1) is 9.70. The second kappa shape index (κ2) is 9.44. The average molecular weight is 376 g/mol. The molecule has 1 aromatic rings. The van der Waals surface area contributed by atoms with E-state index in [2.05, 4.69) is 40.3 Å². The monoisotopic (exact) mass is 374 g/mol. The highest BCUT2D eigenvalue weighted by Gasteiger charge is 2.23. The van der Waals surface area contributed by atoms with Crippen LogP contribution < -0.4 is 5.32 Å². The summed E-state index contributed by atoms with van der Waals surface area (Å²) in [4.78, 5) is 14.7. The van der Waals surface area contributed by atoms with Gasteiger partial charge in [-0.25, -0.2) is 0 Å². The normalized spacial score (nSPS) is 16.8. The van der Waals surface area contributed by atoms with Crippen LogP contribution in [0.2, 0.25) is 0 Å². The lowest BCUT2D eigenvalue weighted by Gasteiger charge is -2.25. The number of amides is 1. The van der Waals surface area contributed by atoms with Crippen molar-refractivity contribution >= 4 is 34.2 Å². The molecular formula is C16H24BrClN2O. The minimum atomic E-state index is 0. The standard InChI is InChI=1S/C16H23BrN2O.ClH/c1-2-14(11-13-5-3-6-15(17)12-13)16(20)19-9-4-7-18-8-10-19;/h3,5-6,12,14,18H,2,4,7-11H2,1H3;1H. The number of halogens is 2. The van der Waals surface area contributed by atoms with Crippen molar-refractivity contribution in [3.63, 3.8) is 0 Å². The summed E-state index contributed by atoms with van der Waals surface area (Å²) >= 11 is 3.49. The largest absolute Gasteiger partial charge is 0.341 e. The van der Waals surface area contributed by atoms with E-state index in [-0.39, 0.29) is 18.3 Å². The predicted octanol–water partition coefficient (Wildman–Crippen LogP) is 3.26. The zero-order valence-electron chi connectivity index (χ0n) is 12.5. The Kier molecular flexibility index (Phi) is 8.30. The molecule has 1 atom stereocenters. The highest BCUT2D eigenvalue weighted by Crippen LogP contribution is 2.19. The van der Waals surface area contributed by atoms with E-state index in [4.69, 9.17) is 0 Å². The SMILES string of the molecule is CCC(Cc1cccc(Br)c1)C(=O)N1CCCNCC1.Cl. The first-order valence-corrected chi connectivity index (χ1v) is 8.24. The van der Waals surface area contributed by atoms with Gasteiger partial charge in [-0.3, -0.25) is 4.79 Å². The van der Waals surface area contributed by atoms with Crippen molar-refractivity contribution < 1.29 is 4.79 Å². The topological polar surface area (TPSA) is 32.3 Å². The van der Waals surface area contributed by atoms with Crippen LogP contribution in [0.4, 0.5) is 0 Å². The smallest absolute Gasteiger partial charge is 0.226 e. The van der Waals surface area contributed by atoms with Crippen molar-refractivity contribution in [3.8, 4) is 0 Å². The van der Waals surface area contributed by atoms with E-state index >= 15 is 0 Å². The van der Waals surface area contributed by atoms with E-state index in [1.807, 2.05) is 17.0 Å². The summed E-state index contributed by atoms with van der Waals surface area (Å²) in [7, 11) is 0. The number of nitrogens with zero attached hydrogens (tertiary/aromatic N) is 1. The van der Waals surface area contributed by atoms with Gasteiger partial charge in [0.05, 0.1) is 0 Å². The fraction of sp³-hybridized carbons (Fsp3) is 0.562. The molecule has 118 valence electrons. The molecule has 1 aliphatic heterocycles. The van der Waals surface area contributed by atoms with Crippen molar-refractivity contribution in [1.82, 2.24) is 10.2 Å². The molecule has 0 saturated carbocycles. The van der Waals surface area contributed by atoms with Crippen LogP contribution >= 0.6 is 28.3 Å². The summed E-state index contributed by atoms with van der Waals surface area (Å²) in [6, 6.07) is 8.27. The molecule has 0 aliphatic carbocycles. The third-order valence-electron chi connectivity index (χ3n) is 3.86. The molecule has 2 rings (SSSR count). The number of nitrogens with one attached hydrogen (secondary N) is 1. The van der Waals surface area contributed by atoms with Gasteiger partial charge < -0.3 is 10.2 Å². The number of hydrogen-bond donors (Lipinski definition) is 1. The fourth-order valence-electron chi connectivity index (χ4n) is 2.68. The lowest BCUT2D eigenvalue weighted by molar-refractivity contribution is -0.135. The maximum absolute atomic E-state index is 12.7. The Morgan fingerprint density at radius 3 is 2.90 bits per heavy atom. The van der Waals surface area contributed by atoms with Gasteiger partial charge in [-0.1, -0.05) is 35.0 Å². The van der Waals surface area contributed by atoms with Crippen LogP contribution in [0.15, 0.2) is 28.7 Å². The molecule has 5 heteroatoms. The Bertz CT molecular complexity index is 448. The molecule has 1 amide bonds. The molecule has 0 spiro atoms. The number of hydrogen-bond acceptors (Lipinski definition) is 2. The van der Waals surface area contributed by atoms with Gasteiger partial charge in [0.2, 0.25) is 5.91 Å². The van der Waals surface area contributed by atoms with Crippen LogP contribution in [-0.4, -0.2) is 37.0 Å². The van der Waals surface area contributed by atoms with Gasteiger partial charge in [-0.05, 0) is 43.5 Å². The molecule has 0 bridgehead atoms. The first-order valence-electron chi connectivity index (χ1n) is 7.44. The van der Waals surface area contributed by atoms with Crippen LogP contribution in [0, 0.1) is 5.92 Å². The van der Waals surface area contributed by atoms with Crippen LogP contribution in [0.3, 0.4) is 0 Å². The maximum Gasteiger partial charge on any atom is 0.226 e. The molecule has 1 N–H and O–H groups in total. The van der Waals surface area contributed by atoms with E-state index in [1.165, 1.54) is 5.56 Å². The Morgan fingerprint density at radius 2 is 2.19 bits per heavy atom. The Morgan fingerprint density at radius 1 is 1.38 bits per heavy atom. The van der Waals surface area contributed by atoms with Crippen molar-refractivity contribution in [1.29, 1.82) is 0 Å². The van der Waals surface area contributed by atoms with Crippen molar-refractivity contribution in [2.45, 2.75) is 26.2 Å². The maximum atomic E-state index is 12.7.